The lowest BCUT2D eigenvalue weighted by molar-refractivity contribution is -0.303. The second-order valence-corrected chi connectivity index (χ2v) is 4.69. The number of hydrogen-bond acceptors (Lipinski definition) is 6. The molecule has 98 valence electrons. The topological polar surface area (TPSA) is 93.9 Å². The number of carbonyl (C=O) groups is 2. The predicted octanol–water partition coefficient (Wildman–Crippen LogP) is 0.0152. The maximum atomic E-state index is 11.8. The maximum Gasteiger partial charge on any atom is 0.257 e. The van der Waals surface area contributed by atoms with Crippen LogP contribution < -0.4 is 10.4 Å². The molecule has 1 aliphatic rings. The van der Waals surface area contributed by atoms with Crippen LogP contribution in [0.4, 0.5) is 0 Å². The largest absolute Gasteiger partial charge is 0.550 e. The Bertz CT molecular complexity index is 555. The average molecular weight is 276 g/mol. The summed E-state index contributed by atoms with van der Waals surface area (Å²) in [5.41, 5.74) is 0.943. The summed E-state index contributed by atoms with van der Waals surface area (Å²) in [5, 5.41) is 20.9. The molecular formula is C12H10N3O3S-. The van der Waals surface area contributed by atoms with Crippen LogP contribution in [0.15, 0.2) is 40.5 Å². The van der Waals surface area contributed by atoms with Crippen LogP contribution >= 0.6 is 11.8 Å². The van der Waals surface area contributed by atoms with Gasteiger partial charge in [-0.1, -0.05) is 30.0 Å². The van der Waals surface area contributed by atoms with Crippen LogP contribution in [0.25, 0.3) is 0 Å². The number of hydrogen-bond donors (Lipinski definition) is 1. The Hall–Kier alpha value is -2.15. The van der Waals surface area contributed by atoms with Crippen molar-refractivity contribution >= 4 is 34.5 Å². The van der Waals surface area contributed by atoms with Crippen molar-refractivity contribution in [3.8, 4) is 0 Å². The number of carboxylic acid groups (broad SMARTS) is 1. The van der Waals surface area contributed by atoms with Gasteiger partial charge in [-0.3, -0.25) is 10.1 Å². The Labute approximate surface area is 113 Å². The quantitative estimate of drug-likeness (QED) is 0.841. The zero-order valence-corrected chi connectivity index (χ0v) is 10.6. The Morgan fingerprint density at radius 1 is 1.26 bits per heavy atom. The molecule has 1 heterocycles. The van der Waals surface area contributed by atoms with E-state index in [-0.39, 0.29) is 12.3 Å². The van der Waals surface area contributed by atoms with Crippen LogP contribution in [0.2, 0.25) is 0 Å². The van der Waals surface area contributed by atoms with E-state index in [9.17, 15) is 14.7 Å². The van der Waals surface area contributed by atoms with Gasteiger partial charge in [0.25, 0.3) is 5.91 Å². The Balaban J connectivity index is 1.98. The molecule has 0 radical (unpaired) electrons. The van der Waals surface area contributed by atoms with Crippen LogP contribution in [0.1, 0.15) is 16.8 Å². The molecule has 2 rings (SSSR count). The van der Waals surface area contributed by atoms with E-state index in [0.717, 1.165) is 0 Å². The number of carboxylic acids is 1. The number of amidine groups is 1. The summed E-state index contributed by atoms with van der Waals surface area (Å²) in [6.45, 7) is 0. The van der Waals surface area contributed by atoms with Gasteiger partial charge in [0.05, 0.1) is 5.71 Å². The minimum absolute atomic E-state index is 0.240. The lowest BCUT2D eigenvalue weighted by Gasteiger charge is -2.12. The van der Waals surface area contributed by atoms with E-state index in [1.807, 2.05) is 6.07 Å². The highest BCUT2D eigenvalue weighted by Gasteiger charge is 2.14. The molecule has 0 saturated heterocycles. The van der Waals surface area contributed by atoms with Gasteiger partial charge in [-0.05, 0) is 12.1 Å². The molecule has 0 saturated carbocycles. The molecule has 0 aliphatic carbocycles. The van der Waals surface area contributed by atoms with Crippen molar-refractivity contribution in [3.05, 3.63) is 35.9 Å². The summed E-state index contributed by atoms with van der Waals surface area (Å²) in [5.74, 6) is -1.08. The van der Waals surface area contributed by atoms with Crippen molar-refractivity contribution in [1.29, 1.82) is 0 Å². The number of nitrogens with zero attached hydrogens (tertiary/aromatic N) is 2. The second kappa shape index (κ2) is 6.14. The SMILES string of the molecule is O=C([O-])CC1=NN=C(NC(=O)c2ccccc2)SC1. The molecule has 0 spiro atoms. The van der Waals surface area contributed by atoms with Crippen molar-refractivity contribution in [2.75, 3.05) is 5.75 Å². The normalized spacial score (nSPS) is 14.3. The van der Waals surface area contributed by atoms with E-state index in [0.29, 0.717) is 22.2 Å². The van der Waals surface area contributed by atoms with Gasteiger partial charge in [0.2, 0.25) is 0 Å². The van der Waals surface area contributed by atoms with Crippen molar-refractivity contribution in [1.82, 2.24) is 5.32 Å². The summed E-state index contributed by atoms with van der Waals surface area (Å²) < 4.78 is 0. The molecule has 1 aromatic carbocycles. The number of thioether (sulfide) groups is 1. The van der Waals surface area contributed by atoms with Crippen LogP contribution in [0, 0.1) is 0 Å². The predicted molar refractivity (Wildman–Crippen MR) is 70.9 cm³/mol. The number of aliphatic carboxylic acids is 1. The van der Waals surface area contributed by atoms with Gasteiger partial charge in [0, 0.05) is 23.7 Å². The monoisotopic (exact) mass is 276 g/mol. The molecule has 0 aromatic heterocycles. The summed E-state index contributed by atoms with van der Waals surface area (Å²) in [6, 6.07) is 8.73. The van der Waals surface area contributed by atoms with Gasteiger partial charge < -0.3 is 9.90 Å². The van der Waals surface area contributed by atoms with Crippen LogP contribution in [-0.2, 0) is 4.79 Å². The van der Waals surface area contributed by atoms with E-state index >= 15 is 0 Å². The molecule has 0 atom stereocenters. The lowest BCUT2D eigenvalue weighted by atomic mass is 10.2. The number of rotatable bonds is 3. The fraction of sp³-hybridized carbons (Fsp3) is 0.167. The summed E-state index contributed by atoms with van der Waals surface area (Å²) in [7, 11) is 0. The van der Waals surface area contributed by atoms with E-state index in [1.165, 1.54) is 11.8 Å². The molecule has 1 amide bonds. The van der Waals surface area contributed by atoms with E-state index in [4.69, 9.17) is 0 Å². The van der Waals surface area contributed by atoms with E-state index < -0.39 is 5.97 Å². The molecule has 1 aromatic rings. The highest BCUT2D eigenvalue weighted by molar-refractivity contribution is 8.14. The molecule has 7 heteroatoms. The third-order valence-electron chi connectivity index (χ3n) is 2.26. The second-order valence-electron chi connectivity index (χ2n) is 3.73. The van der Waals surface area contributed by atoms with Crippen molar-refractivity contribution in [3.63, 3.8) is 0 Å². The molecule has 1 aliphatic heterocycles. The standard InChI is InChI=1S/C12H11N3O3S/c16-10(17)6-9-7-19-12(15-14-9)13-11(18)8-4-2-1-3-5-8/h1-5H,6-7H2,(H,16,17)(H,13,15,18)/p-1. The number of carbonyl (C=O) groups excluding carboxylic acids is 2. The summed E-state index contributed by atoms with van der Waals surface area (Å²) in [6.07, 6.45) is -0.240. The van der Waals surface area contributed by atoms with Gasteiger partial charge in [-0.2, -0.15) is 5.10 Å². The molecular weight excluding hydrogens is 266 g/mol. The molecule has 6 nitrogen and oxygen atoms in total. The minimum Gasteiger partial charge on any atom is -0.550 e. The highest BCUT2D eigenvalue weighted by atomic mass is 32.2. The first-order chi connectivity index (χ1) is 9.15. The van der Waals surface area contributed by atoms with Crippen LogP contribution in [0.3, 0.4) is 0 Å². The highest BCUT2D eigenvalue weighted by Crippen LogP contribution is 2.11. The zero-order valence-electron chi connectivity index (χ0n) is 9.83. The van der Waals surface area contributed by atoms with E-state index in [2.05, 4.69) is 15.5 Å². The van der Waals surface area contributed by atoms with Crippen LogP contribution in [-0.4, -0.2) is 28.5 Å². The zero-order chi connectivity index (χ0) is 13.7. The Morgan fingerprint density at radius 3 is 2.58 bits per heavy atom. The number of amides is 1. The number of nitrogens with one attached hydrogen (secondary N) is 1. The van der Waals surface area contributed by atoms with Crippen LogP contribution in [0.5, 0.6) is 0 Å². The lowest BCUT2D eigenvalue weighted by Crippen LogP contribution is -2.32. The first kappa shape index (κ1) is 13.3. The fourth-order valence-corrected chi connectivity index (χ4v) is 2.12. The van der Waals surface area contributed by atoms with Gasteiger partial charge in [-0.15, -0.1) is 5.10 Å². The van der Waals surface area contributed by atoms with Gasteiger partial charge in [0.15, 0.2) is 5.17 Å². The first-order valence-electron chi connectivity index (χ1n) is 5.47. The van der Waals surface area contributed by atoms with Gasteiger partial charge >= 0.3 is 0 Å². The Kier molecular flexibility index (Phi) is 4.30. The van der Waals surface area contributed by atoms with Gasteiger partial charge in [-0.25, -0.2) is 0 Å². The van der Waals surface area contributed by atoms with Crippen molar-refractivity contribution in [2.45, 2.75) is 6.42 Å². The molecule has 1 N–H and O–H groups in total. The van der Waals surface area contributed by atoms with Crippen molar-refractivity contribution in [2.24, 2.45) is 10.2 Å². The fourth-order valence-electron chi connectivity index (χ4n) is 1.40. The smallest absolute Gasteiger partial charge is 0.257 e. The van der Waals surface area contributed by atoms with E-state index in [1.54, 1.807) is 24.3 Å². The Morgan fingerprint density at radius 2 is 2.00 bits per heavy atom. The maximum absolute atomic E-state index is 11.8. The van der Waals surface area contributed by atoms with Crippen molar-refractivity contribution < 1.29 is 14.7 Å². The minimum atomic E-state index is -1.19. The summed E-state index contributed by atoms with van der Waals surface area (Å²) in [4.78, 5) is 22.2. The third-order valence-corrected chi connectivity index (χ3v) is 3.20. The third kappa shape index (κ3) is 3.92. The van der Waals surface area contributed by atoms with Gasteiger partial charge in [0.1, 0.15) is 0 Å². The summed E-state index contributed by atoms with van der Waals surface area (Å²) >= 11 is 1.23. The molecule has 0 fully saturated rings. The first-order valence-corrected chi connectivity index (χ1v) is 6.46. The molecule has 0 unspecified atom stereocenters. The number of benzene rings is 1. The average Bonchev–Trinajstić information content (AvgIpc) is 2.41. The molecule has 19 heavy (non-hydrogen) atoms. The molecule has 0 bridgehead atoms.